The van der Waals surface area contributed by atoms with Crippen molar-refractivity contribution in [3.63, 3.8) is 0 Å². The Hall–Kier alpha value is -2.01. The number of carbonyl (C=O) groups excluding carboxylic acids is 2. The summed E-state index contributed by atoms with van der Waals surface area (Å²) in [5.74, 6) is -0.607. The van der Waals surface area contributed by atoms with Crippen molar-refractivity contribution in [1.29, 1.82) is 0 Å². The van der Waals surface area contributed by atoms with Crippen molar-refractivity contribution in [2.45, 2.75) is 20.4 Å². The van der Waals surface area contributed by atoms with E-state index in [1.165, 1.54) is 13.0 Å². The minimum atomic E-state index is -0.285. The van der Waals surface area contributed by atoms with Gasteiger partial charge < -0.3 is 5.32 Å². The molecule has 1 N–H and O–H groups in total. The van der Waals surface area contributed by atoms with Gasteiger partial charge in [-0.15, -0.1) is 11.3 Å². The Balaban J connectivity index is 2.00. The van der Waals surface area contributed by atoms with Gasteiger partial charge in [0.1, 0.15) is 5.82 Å². The number of thiophene rings is 1. The van der Waals surface area contributed by atoms with Crippen LogP contribution in [0.1, 0.15) is 37.4 Å². The minimum Gasteiger partial charge on any atom is -0.347 e. The van der Waals surface area contributed by atoms with E-state index in [-0.39, 0.29) is 24.1 Å². The van der Waals surface area contributed by atoms with Gasteiger partial charge in [0.05, 0.1) is 9.75 Å². The molecule has 2 aromatic rings. The largest absolute Gasteiger partial charge is 0.347 e. The highest BCUT2D eigenvalue weighted by Crippen LogP contribution is 2.17. The molecule has 0 saturated heterocycles. The van der Waals surface area contributed by atoms with Crippen LogP contribution in [0.5, 0.6) is 0 Å². The molecule has 1 aromatic carbocycles. The molecular formula is C15H14FNO2S. The van der Waals surface area contributed by atoms with Crippen molar-refractivity contribution in [3.8, 4) is 0 Å². The fraction of sp³-hybridized carbons (Fsp3) is 0.200. The molecular weight excluding hydrogens is 277 g/mol. The summed E-state index contributed by atoms with van der Waals surface area (Å²) >= 11 is 1.15. The van der Waals surface area contributed by atoms with Crippen LogP contribution >= 0.6 is 11.3 Å². The third kappa shape index (κ3) is 3.30. The average molecular weight is 291 g/mol. The summed E-state index contributed by atoms with van der Waals surface area (Å²) in [6.45, 7) is 3.40. The number of ketones is 1. The van der Waals surface area contributed by atoms with E-state index in [0.29, 0.717) is 20.9 Å². The predicted octanol–water partition coefficient (Wildman–Crippen LogP) is 3.33. The molecule has 0 aliphatic carbocycles. The van der Waals surface area contributed by atoms with Gasteiger partial charge in [-0.2, -0.15) is 0 Å². The Kier molecular flexibility index (Phi) is 4.29. The molecule has 0 unspecified atom stereocenters. The lowest BCUT2D eigenvalue weighted by molar-refractivity contribution is 0.0954. The van der Waals surface area contributed by atoms with Gasteiger partial charge in [0.15, 0.2) is 5.78 Å². The van der Waals surface area contributed by atoms with E-state index in [0.717, 1.165) is 11.3 Å². The summed E-state index contributed by atoms with van der Waals surface area (Å²) in [6.07, 6.45) is 0. The summed E-state index contributed by atoms with van der Waals surface area (Å²) in [4.78, 5) is 24.1. The smallest absolute Gasteiger partial charge is 0.261 e. The van der Waals surface area contributed by atoms with Crippen LogP contribution in [0.25, 0.3) is 0 Å². The third-order valence-electron chi connectivity index (χ3n) is 2.87. The molecule has 0 spiro atoms. The first-order valence-electron chi connectivity index (χ1n) is 6.11. The average Bonchev–Trinajstić information content (AvgIpc) is 2.89. The van der Waals surface area contributed by atoms with Gasteiger partial charge in [0.2, 0.25) is 0 Å². The maximum absolute atomic E-state index is 13.4. The van der Waals surface area contributed by atoms with Gasteiger partial charge in [-0.25, -0.2) is 4.39 Å². The second-order valence-electron chi connectivity index (χ2n) is 4.49. The zero-order valence-corrected chi connectivity index (χ0v) is 12.0. The number of amides is 1. The fourth-order valence-electron chi connectivity index (χ4n) is 1.66. The van der Waals surface area contributed by atoms with E-state index in [4.69, 9.17) is 0 Å². The highest BCUT2D eigenvalue weighted by Gasteiger charge is 2.11. The molecule has 0 atom stereocenters. The SMILES string of the molecule is CC(=O)c1ccc(C(=O)NCc2ccc(C)c(F)c2)s1. The van der Waals surface area contributed by atoms with Crippen molar-refractivity contribution in [2.75, 3.05) is 0 Å². The second kappa shape index (κ2) is 5.96. The van der Waals surface area contributed by atoms with Crippen molar-refractivity contribution >= 4 is 23.0 Å². The summed E-state index contributed by atoms with van der Waals surface area (Å²) in [5, 5.41) is 2.71. The van der Waals surface area contributed by atoms with E-state index in [9.17, 15) is 14.0 Å². The maximum atomic E-state index is 13.4. The molecule has 5 heteroatoms. The number of hydrogen-bond donors (Lipinski definition) is 1. The van der Waals surface area contributed by atoms with Crippen molar-refractivity contribution in [2.24, 2.45) is 0 Å². The first kappa shape index (κ1) is 14.4. The van der Waals surface area contributed by atoms with Crippen molar-refractivity contribution < 1.29 is 14.0 Å². The Morgan fingerprint density at radius 3 is 2.50 bits per heavy atom. The molecule has 1 heterocycles. The van der Waals surface area contributed by atoms with Gasteiger partial charge in [-0.05, 0) is 43.2 Å². The number of hydrogen-bond acceptors (Lipinski definition) is 3. The Labute approximate surface area is 120 Å². The van der Waals surface area contributed by atoms with E-state index in [1.807, 2.05) is 0 Å². The van der Waals surface area contributed by atoms with Crippen molar-refractivity contribution in [1.82, 2.24) is 5.32 Å². The second-order valence-corrected chi connectivity index (χ2v) is 5.57. The molecule has 1 aromatic heterocycles. The summed E-state index contributed by atoms with van der Waals surface area (Å²) in [6, 6.07) is 8.11. The molecule has 1 amide bonds. The van der Waals surface area contributed by atoms with Gasteiger partial charge in [0.25, 0.3) is 5.91 Å². The summed E-state index contributed by atoms with van der Waals surface area (Å²) in [7, 11) is 0. The molecule has 0 aliphatic heterocycles. The first-order valence-corrected chi connectivity index (χ1v) is 6.93. The van der Waals surface area contributed by atoms with Gasteiger partial charge in [-0.1, -0.05) is 12.1 Å². The molecule has 0 aliphatic rings. The molecule has 0 bridgehead atoms. The number of carbonyl (C=O) groups is 2. The number of benzene rings is 1. The van der Waals surface area contributed by atoms with Crippen LogP contribution in [0.2, 0.25) is 0 Å². The fourth-order valence-corrected chi connectivity index (χ4v) is 2.48. The highest BCUT2D eigenvalue weighted by molar-refractivity contribution is 7.15. The number of rotatable bonds is 4. The number of halogens is 1. The first-order chi connectivity index (χ1) is 9.47. The summed E-state index contributed by atoms with van der Waals surface area (Å²) in [5.41, 5.74) is 1.27. The van der Waals surface area contributed by atoms with Gasteiger partial charge >= 0.3 is 0 Å². The van der Waals surface area contributed by atoms with Crippen LogP contribution in [0.4, 0.5) is 4.39 Å². The lowest BCUT2D eigenvalue weighted by Gasteiger charge is -2.05. The molecule has 2 rings (SSSR count). The molecule has 0 fully saturated rings. The zero-order valence-electron chi connectivity index (χ0n) is 11.2. The lowest BCUT2D eigenvalue weighted by Crippen LogP contribution is -2.21. The van der Waals surface area contributed by atoms with Crippen LogP contribution in [-0.2, 0) is 6.54 Å². The lowest BCUT2D eigenvalue weighted by atomic mass is 10.1. The molecule has 20 heavy (non-hydrogen) atoms. The molecule has 0 radical (unpaired) electrons. The van der Waals surface area contributed by atoms with Crippen molar-refractivity contribution in [3.05, 3.63) is 57.0 Å². The minimum absolute atomic E-state index is 0.0605. The third-order valence-corrected chi connectivity index (χ3v) is 4.05. The van der Waals surface area contributed by atoms with Crippen LogP contribution in [0.15, 0.2) is 30.3 Å². The number of nitrogens with one attached hydrogen (secondary N) is 1. The monoisotopic (exact) mass is 291 g/mol. The topological polar surface area (TPSA) is 46.2 Å². The van der Waals surface area contributed by atoms with Crippen LogP contribution in [-0.4, -0.2) is 11.7 Å². The Bertz CT molecular complexity index is 664. The van der Waals surface area contributed by atoms with E-state index in [1.54, 1.807) is 31.2 Å². The van der Waals surface area contributed by atoms with Crippen LogP contribution in [0, 0.1) is 12.7 Å². The Morgan fingerprint density at radius 2 is 1.90 bits per heavy atom. The highest BCUT2D eigenvalue weighted by atomic mass is 32.1. The quantitative estimate of drug-likeness (QED) is 0.878. The molecule has 0 saturated carbocycles. The maximum Gasteiger partial charge on any atom is 0.261 e. The number of aryl methyl sites for hydroxylation is 1. The van der Waals surface area contributed by atoms with Crippen LogP contribution < -0.4 is 5.32 Å². The summed E-state index contributed by atoms with van der Waals surface area (Å²) < 4.78 is 13.4. The van der Waals surface area contributed by atoms with Gasteiger partial charge in [-0.3, -0.25) is 9.59 Å². The zero-order chi connectivity index (χ0) is 14.7. The van der Waals surface area contributed by atoms with Crippen LogP contribution in [0.3, 0.4) is 0 Å². The predicted molar refractivity (Wildman–Crippen MR) is 76.6 cm³/mol. The van der Waals surface area contributed by atoms with Gasteiger partial charge in [0, 0.05) is 6.54 Å². The van der Waals surface area contributed by atoms with E-state index in [2.05, 4.69) is 5.32 Å². The number of Topliss-reactive ketones (excluding diaryl/α,β-unsaturated/α-hetero) is 1. The van der Waals surface area contributed by atoms with E-state index >= 15 is 0 Å². The molecule has 104 valence electrons. The molecule has 3 nitrogen and oxygen atoms in total. The standard InChI is InChI=1S/C15H14FNO2S/c1-9-3-4-11(7-12(9)16)8-17-15(19)14-6-5-13(20-14)10(2)18/h3-7H,8H2,1-2H3,(H,17,19). The van der Waals surface area contributed by atoms with E-state index < -0.39 is 0 Å². The normalized spacial score (nSPS) is 10.3. The Morgan fingerprint density at radius 1 is 1.20 bits per heavy atom.